The molecule has 1 heterocycles. The molecule has 82 valence electrons. The summed E-state index contributed by atoms with van der Waals surface area (Å²) in [5.74, 6) is 1.68. The van der Waals surface area contributed by atoms with Crippen LogP contribution in [0.25, 0.3) is 0 Å². The van der Waals surface area contributed by atoms with Crippen LogP contribution in [-0.2, 0) is 0 Å². The summed E-state index contributed by atoms with van der Waals surface area (Å²) >= 11 is 3.44. The average molecular weight is 270 g/mol. The molecule has 1 saturated carbocycles. The van der Waals surface area contributed by atoms with Gasteiger partial charge in [0.1, 0.15) is 5.82 Å². The van der Waals surface area contributed by atoms with Gasteiger partial charge in [0, 0.05) is 23.3 Å². The molecule has 2 rings (SSSR count). The second kappa shape index (κ2) is 4.49. The number of rotatable bonds is 4. The van der Waals surface area contributed by atoms with E-state index in [2.05, 4.69) is 39.2 Å². The fraction of sp³-hybridized carbons (Fsp3) is 0.545. The molecule has 1 aliphatic rings. The predicted molar refractivity (Wildman–Crippen MR) is 65.9 cm³/mol. The Labute approximate surface area is 98.6 Å². The minimum absolute atomic E-state index is 0.387. The van der Waals surface area contributed by atoms with Crippen molar-refractivity contribution in [1.29, 1.82) is 0 Å². The van der Waals surface area contributed by atoms with Crippen LogP contribution in [0.2, 0.25) is 0 Å². The summed E-state index contributed by atoms with van der Waals surface area (Å²) in [6, 6.07) is 2.44. The summed E-state index contributed by atoms with van der Waals surface area (Å²) in [7, 11) is 0. The largest absolute Gasteiger partial charge is 0.366 e. The molecule has 15 heavy (non-hydrogen) atoms. The van der Waals surface area contributed by atoms with Gasteiger partial charge < -0.3 is 11.1 Å². The van der Waals surface area contributed by atoms with E-state index < -0.39 is 0 Å². The van der Waals surface area contributed by atoms with Gasteiger partial charge in [0.25, 0.3) is 0 Å². The second-order valence-corrected chi connectivity index (χ2v) is 5.00. The van der Waals surface area contributed by atoms with Crippen molar-refractivity contribution in [2.45, 2.75) is 25.8 Å². The third-order valence-electron chi connectivity index (χ3n) is 2.83. The lowest BCUT2D eigenvalue weighted by Gasteiger charge is -2.17. The van der Waals surface area contributed by atoms with Gasteiger partial charge in [-0.1, -0.05) is 0 Å². The van der Waals surface area contributed by atoms with Crippen molar-refractivity contribution in [1.82, 2.24) is 4.98 Å². The van der Waals surface area contributed by atoms with E-state index in [1.54, 1.807) is 0 Å². The highest BCUT2D eigenvalue weighted by molar-refractivity contribution is 9.10. The highest BCUT2D eigenvalue weighted by atomic mass is 79.9. The number of nitrogens with zero attached hydrogens (tertiary/aromatic N) is 1. The zero-order chi connectivity index (χ0) is 10.8. The molecule has 0 bridgehead atoms. The Balaban J connectivity index is 2.05. The lowest BCUT2D eigenvalue weighted by atomic mass is 10.2. The van der Waals surface area contributed by atoms with Gasteiger partial charge in [-0.25, -0.2) is 4.98 Å². The van der Waals surface area contributed by atoms with E-state index >= 15 is 0 Å². The molecule has 1 fully saturated rings. The van der Waals surface area contributed by atoms with Crippen molar-refractivity contribution in [3.05, 3.63) is 22.3 Å². The first-order valence-electron chi connectivity index (χ1n) is 5.29. The molecular formula is C11H16BrN3. The van der Waals surface area contributed by atoms with E-state index in [1.165, 1.54) is 18.4 Å². The van der Waals surface area contributed by atoms with Crippen LogP contribution in [0.4, 0.5) is 5.82 Å². The molecule has 0 aliphatic heterocycles. The molecule has 0 aromatic carbocycles. The van der Waals surface area contributed by atoms with E-state index in [0.717, 1.165) is 16.2 Å². The number of hydrogen-bond acceptors (Lipinski definition) is 3. The number of anilines is 1. The molecule has 0 amide bonds. The fourth-order valence-corrected chi connectivity index (χ4v) is 1.89. The maximum Gasteiger partial charge on any atom is 0.126 e. The lowest BCUT2D eigenvalue weighted by molar-refractivity contribution is 0.642. The Kier molecular flexibility index (Phi) is 3.26. The quantitative estimate of drug-likeness (QED) is 0.882. The fourth-order valence-electron chi connectivity index (χ4n) is 1.68. The zero-order valence-corrected chi connectivity index (χ0v) is 10.4. The number of halogens is 1. The Morgan fingerprint density at radius 2 is 2.40 bits per heavy atom. The van der Waals surface area contributed by atoms with Gasteiger partial charge in [0.15, 0.2) is 0 Å². The third-order valence-corrected chi connectivity index (χ3v) is 3.66. The molecule has 0 radical (unpaired) electrons. The maximum absolute atomic E-state index is 5.73. The van der Waals surface area contributed by atoms with E-state index in [4.69, 9.17) is 5.73 Å². The van der Waals surface area contributed by atoms with Crippen LogP contribution in [0.1, 0.15) is 18.4 Å². The van der Waals surface area contributed by atoms with Gasteiger partial charge >= 0.3 is 0 Å². The number of aromatic nitrogens is 1. The van der Waals surface area contributed by atoms with Crippen molar-refractivity contribution < 1.29 is 0 Å². The average Bonchev–Trinajstić information content (AvgIpc) is 3.03. The lowest BCUT2D eigenvalue weighted by Crippen LogP contribution is -2.31. The van der Waals surface area contributed by atoms with E-state index in [-0.39, 0.29) is 0 Å². The van der Waals surface area contributed by atoms with Gasteiger partial charge in [0.2, 0.25) is 0 Å². The molecule has 1 unspecified atom stereocenters. The van der Waals surface area contributed by atoms with Crippen LogP contribution in [0.3, 0.4) is 0 Å². The van der Waals surface area contributed by atoms with Crippen LogP contribution in [0.15, 0.2) is 16.7 Å². The summed E-state index contributed by atoms with van der Waals surface area (Å²) in [6.07, 6.45) is 4.42. The molecule has 0 saturated heterocycles. The third kappa shape index (κ3) is 2.69. The Morgan fingerprint density at radius 3 is 2.93 bits per heavy atom. The van der Waals surface area contributed by atoms with Crippen LogP contribution in [0, 0.1) is 12.8 Å². The number of nitrogens with two attached hydrogens (primary N) is 1. The summed E-state index contributed by atoms with van der Waals surface area (Å²) in [6.45, 7) is 2.74. The van der Waals surface area contributed by atoms with Crippen molar-refractivity contribution in [2.75, 3.05) is 11.9 Å². The van der Waals surface area contributed by atoms with Gasteiger partial charge in [-0.3, -0.25) is 0 Å². The topological polar surface area (TPSA) is 50.9 Å². The van der Waals surface area contributed by atoms with Crippen molar-refractivity contribution in [3.63, 3.8) is 0 Å². The molecule has 1 aromatic heterocycles. The number of aryl methyl sites for hydroxylation is 1. The summed E-state index contributed by atoms with van der Waals surface area (Å²) in [5, 5.41) is 3.40. The first-order valence-corrected chi connectivity index (χ1v) is 6.08. The molecule has 1 aromatic rings. The van der Waals surface area contributed by atoms with Crippen LogP contribution < -0.4 is 11.1 Å². The van der Waals surface area contributed by atoms with Crippen LogP contribution in [0.5, 0.6) is 0 Å². The SMILES string of the molecule is Cc1cc(NC(CN)C2CC2)ncc1Br. The van der Waals surface area contributed by atoms with E-state index in [0.29, 0.717) is 12.6 Å². The van der Waals surface area contributed by atoms with Crippen molar-refractivity contribution >= 4 is 21.7 Å². The van der Waals surface area contributed by atoms with Gasteiger partial charge in [-0.2, -0.15) is 0 Å². The highest BCUT2D eigenvalue weighted by Gasteiger charge is 2.30. The predicted octanol–water partition coefficient (Wildman–Crippen LogP) is 2.30. The monoisotopic (exact) mass is 269 g/mol. The minimum atomic E-state index is 0.387. The van der Waals surface area contributed by atoms with Gasteiger partial charge in [0.05, 0.1) is 0 Å². The maximum atomic E-state index is 5.73. The zero-order valence-electron chi connectivity index (χ0n) is 8.83. The molecule has 0 spiro atoms. The van der Waals surface area contributed by atoms with Gasteiger partial charge in [-0.15, -0.1) is 0 Å². The first kappa shape index (κ1) is 10.9. The molecular weight excluding hydrogens is 254 g/mol. The summed E-state index contributed by atoms with van der Waals surface area (Å²) in [4.78, 5) is 4.32. The molecule has 1 atom stereocenters. The number of hydrogen-bond donors (Lipinski definition) is 2. The minimum Gasteiger partial charge on any atom is -0.366 e. The highest BCUT2D eigenvalue weighted by Crippen LogP contribution is 2.33. The van der Waals surface area contributed by atoms with Gasteiger partial charge in [-0.05, 0) is 53.2 Å². The first-order chi connectivity index (χ1) is 7.20. The van der Waals surface area contributed by atoms with Crippen molar-refractivity contribution in [3.8, 4) is 0 Å². The second-order valence-electron chi connectivity index (χ2n) is 4.14. The number of nitrogens with one attached hydrogen (secondary N) is 1. The normalized spacial score (nSPS) is 17.5. The molecule has 3 nitrogen and oxygen atoms in total. The summed E-state index contributed by atoms with van der Waals surface area (Å²) in [5.41, 5.74) is 6.92. The summed E-state index contributed by atoms with van der Waals surface area (Å²) < 4.78 is 1.05. The Hall–Kier alpha value is -0.610. The van der Waals surface area contributed by atoms with Crippen molar-refractivity contribution in [2.24, 2.45) is 11.7 Å². The Bertz CT molecular complexity index is 350. The Morgan fingerprint density at radius 1 is 1.67 bits per heavy atom. The number of pyridine rings is 1. The smallest absolute Gasteiger partial charge is 0.126 e. The molecule has 1 aliphatic carbocycles. The standard InChI is InChI=1S/C11H16BrN3/c1-7-4-11(14-6-9(7)12)15-10(5-13)8-2-3-8/h4,6,8,10H,2-3,5,13H2,1H3,(H,14,15). The van der Waals surface area contributed by atoms with E-state index in [1.807, 2.05) is 6.20 Å². The van der Waals surface area contributed by atoms with Crippen LogP contribution in [-0.4, -0.2) is 17.6 Å². The molecule has 3 N–H and O–H groups in total. The van der Waals surface area contributed by atoms with E-state index in [9.17, 15) is 0 Å². The molecule has 4 heteroatoms. The van der Waals surface area contributed by atoms with Crippen LogP contribution >= 0.6 is 15.9 Å².